The molecule has 0 bridgehead atoms. The van der Waals surface area contributed by atoms with E-state index in [4.69, 9.17) is 0 Å². The Labute approximate surface area is 180 Å². The van der Waals surface area contributed by atoms with Gasteiger partial charge in [-0.2, -0.15) is 13.2 Å². The molecule has 0 aromatic heterocycles. The van der Waals surface area contributed by atoms with Gasteiger partial charge in [-0.15, -0.1) is 0 Å². The molecule has 2 rings (SSSR count). The summed E-state index contributed by atoms with van der Waals surface area (Å²) in [6, 6.07) is 8.37. The summed E-state index contributed by atoms with van der Waals surface area (Å²) in [4.78, 5) is 0. The minimum atomic E-state index is -4.40. The summed E-state index contributed by atoms with van der Waals surface area (Å²) in [5.41, 5.74) is 2.48. The van der Waals surface area contributed by atoms with Crippen LogP contribution in [0.1, 0.15) is 81.7 Å². The van der Waals surface area contributed by atoms with Crippen LogP contribution >= 0.6 is 8.58 Å². The number of phenols is 1. The van der Waals surface area contributed by atoms with Gasteiger partial charge in [-0.3, -0.25) is 0 Å². The fraction of sp³-hybridized carbons (Fsp3) is 0.520. The van der Waals surface area contributed by atoms with Crippen molar-refractivity contribution >= 4 is 13.9 Å². The second-order valence-corrected chi connectivity index (χ2v) is 11.0. The lowest BCUT2D eigenvalue weighted by molar-refractivity contribution is -0.136. The maximum atomic E-state index is 13.8. The molecule has 166 valence electrons. The lowest BCUT2D eigenvalue weighted by atomic mass is 9.80. The highest BCUT2D eigenvalue weighted by molar-refractivity contribution is 7.48. The van der Waals surface area contributed by atoms with Crippen molar-refractivity contribution in [2.45, 2.75) is 84.5 Å². The van der Waals surface area contributed by atoms with Crippen LogP contribution in [0.25, 0.3) is 0 Å². The Bertz CT molecular complexity index is 896. The van der Waals surface area contributed by atoms with Crippen molar-refractivity contribution in [3.8, 4) is 5.75 Å². The molecule has 2 aromatic rings. The van der Waals surface area contributed by atoms with Crippen molar-refractivity contribution in [2.24, 2.45) is 0 Å². The zero-order valence-electron chi connectivity index (χ0n) is 19.1. The first-order valence-corrected chi connectivity index (χ1v) is 11.6. The number of rotatable bonds is 6. The van der Waals surface area contributed by atoms with Crippen molar-refractivity contribution in [3.63, 3.8) is 0 Å². The monoisotopic (exact) mass is 438 g/mol. The van der Waals surface area contributed by atoms with Crippen LogP contribution in [-0.2, 0) is 16.7 Å². The summed E-state index contributed by atoms with van der Waals surface area (Å²) in [6.45, 7) is 13.9. The molecule has 0 saturated carbocycles. The fourth-order valence-electron chi connectivity index (χ4n) is 4.17. The highest BCUT2D eigenvalue weighted by Crippen LogP contribution is 2.54. The summed E-state index contributed by atoms with van der Waals surface area (Å²) in [5.74, 6) is 0.234. The van der Waals surface area contributed by atoms with Gasteiger partial charge in [0.05, 0.1) is 5.56 Å². The van der Waals surface area contributed by atoms with Crippen molar-refractivity contribution in [1.29, 1.82) is 0 Å². The number of alkyl halides is 3. The van der Waals surface area contributed by atoms with Crippen LogP contribution in [-0.4, -0.2) is 5.11 Å². The van der Waals surface area contributed by atoms with Gasteiger partial charge in [0.1, 0.15) is 5.75 Å². The van der Waals surface area contributed by atoms with E-state index in [1.54, 1.807) is 13.0 Å². The van der Waals surface area contributed by atoms with E-state index in [2.05, 4.69) is 6.92 Å². The van der Waals surface area contributed by atoms with E-state index in [0.717, 1.165) is 23.1 Å². The van der Waals surface area contributed by atoms with Crippen molar-refractivity contribution in [3.05, 3.63) is 58.1 Å². The summed E-state index contributed by atoms with van der Waals surface area (Å²) in [6.07, 6.45) is -2.20. The van der Waals surface area contributed by atoms with Crippen molar-refractivity contribution < 1.29 is 18.3 Å². The number of halogens is 3. The molecular formula is C25H34F3OP. The Morgan fingerprint density at radius 1 is 0.933 bits per heavy atom. The van der Waals surface area contributed by atoms with Crippen molar-refractivity contribution in [1.82, 2.24) is 0 Å². The van der Waals surface area contributed by atoms with E-state index in [-0.39, 0.29) is 19.7 Å². The van der Waals surface area contributed by atoms with Crippen LogP contribution in [0.5, 0.6) is 5.75 Å². The van der Waals surface area contributed by atoms with Crippen LogP contribution in [0.4, 0.5) is 13.2 Å². The molecule has 0 radical (unpaired) electrons. The average Bonchev–Trinajstić information content (AvgIpc) is 2.62. The van der Waals surface area contributed by atoms with Crippen LogP contribution < -0.4 is 5.30 Å². The zero-order chi connectivity index (χ0) is 22.9. The topological polar surface area (TPSA) is 20.2 Å². The van der Waals surface area contributed by atoms with Crippen LogP contribution in [0, 0.1) is 13.8 Å². The first kappa shape index (κ1) is 24.7. The molecule has 2 unspecified atom stereocenters. The molecule has 0 spiro atoms. The molecule has 0 heterocycles. The summed E-state index contributed by atoms with van der Waals surface area (Å²) in [7, 11) is -0.0861. The number of hydrogen-bond donors (Lipinski definition) is 1. The van der Waals surface area contributed by atoms with Gasteiger partial charge in [-0.05, 0) is 54.6 Å². The van der Waals surface area contributed by atoms with Crippen molar-refractivity contribution in [2.75, 3.05) is 0 Å². The third kappa shape index (κ3) is 5.02. The molecule has 30 heavy (non-hydrogen) atoms. The molecule has 0 fully saturated rings. The van der Waals surface area contributed by atoms with Gasteiger partial charge in [0, 0.05) is 10.7 Å². The molecule has 0 aliphatic heterocycles. The normalized spacial score (nSPS) is 15.0. The number of benzene rings is 2. The quantitative estimate of drug-likeness (QED) is 0.458. The number of aryl methyl sites for hydroxylation is 2. The molecule has 1 nitrogen and oxygen atoms in total. The Hall–Kier alpha value is -1.54. The van der Waals surface area contributed by atoms with Gasteiger partial charge in [0.15, 0.2) is 0 Å². The van der Waals surface area contributed by atoms with E-state index < -0.39 is 16.9 Å². The Morgan fingerprint density at radius 2 is 1.53 bits per heavy atom. The number of hydrogen-bond acceptors (Lipinski definition) is 1. The third-order valence-electron chi connectivity index (χ3n) is 5.80. The van der Waals surface area contributed by atoms with E-state index in [0.29, 0.717) is 23.7 Å². The predicted molar refractivity (Wildman–Crippen MR) is 123 cm³/mol. The lowest BCUT2D eigenvalue weighted by Crippen LogP contribution is -2.28. The highest BCUT2D eigenvalue weighted by Gasteiger charge is 2.39. The molecule has 1 N–H and O–H groups in total. The molecule has 0 aliphatic carbocycles. The second-order valence-electron chi connectivity index (χ2n) is 9.26. The standard InChI is InChI=1S/C25H34F3OP/c1-8-13-24(9-2,20-15-16(3)14-19(21(20)29)23(5,6)7)30-22-17(4)11-10-12-18(22)25(26,27)28/h10-12,14-15,29-30H,8-9,13H2,1-7H3. The summed E-state index contributed by atoms with van der Waals surface area (Å²) < 4.78 is 41.4. The maximum absolute atomic E-state index is 13.8. The van der Waals surface area contributed by atoms with E-state index in [1.807, 2.05) is 46.8 Å². The fourth-order valence-corrected chi connectivity index (χ4v) is 6.17. The minimum Gasteiger partial charge on any atom is -0.507 e. The van der Waals surface area contributed by atoms with Gasteiger partial charge in [0.25, 0.3) is 0 Å². The Balaban J connectivity index is 2.79. The second kappa shape index (κ2) is 8.91. The van der Waals surface area contributed by atoms with Crippen LogP contribution in [0.3, 0.4) is 0 Å². The molecule has 0 amide bonds. The van der Waals surface area contributed by atoms with Gasteiger partial charge in [0.2, 0.25) is 0 Å². The SMILES string of the molecule is CCCC(CC)(Pc1c(C)cccc1C(F)(F)F)c1cc(C)cc(C(C)(C)C)c1O. The average molecular weight is 439 g/mol. The van der Waals surface area contributed by atoms with Gasteiger partial charge in [-0.25, -0.2) is 0 Å². The van der Waals surface area contributed by atoms with E-state index in [9.17, 15) is 18.3 Å². The molecule has 2 atom stereocenters. The molecule has 0 saturated heterocycles. The summed E-state index contributed by atoms with van der Waals surface area (Å²) in [5, 5.41) is 11.1. The highest BCUT2D eigenvalue weighted by atomic mass is 31.1. The lowest BCUT2D eigenvalue weighted by Gasteiger charge is -2.37. The Kier molecular flexibility index (Phi) is 7.34. The van der Waals surface area contributed by atoms with Gasteiger partial charge >= 0.3 is 6.18 Å². The Morgan fingerprint density at radius 3 is 2.03 bits per heavy atom. The maximum Gasteiger partial charge on any atom is 0.417 e. The first-order chi connectivity index (χ1) is 13.8. The molecule has 5 heteroatoms. The molecular weight excluding hydrogens is 404 g/mol. The van der Waals surface area contributed by atoms with E-state index in [1.165, 1.54) is 12.1 Å². The van der Waals surface area contributed by atoms with Gasteiger partial charge < -0.3 is 5.11 Å². The third-order valence-corrected chi connectivity index (χ3v) is 8.07. The predicted octanol–water partition coefficient (Wildman–Crippen LogP) is 7.73. The molecule has 0 aliphatic rings. The van der Waals surface area contributed by atoms with Gasteiger partial charge in [-0.1, -0.05) is 79.4 Å². The number of phenolic OH excluding ortho intramolecular Hbond substituents is 1. The van der Waals surface area contributed by atoms with Crippen LogP contribution in [0.15, 0.2) is 30.3 Å². The summed E-state index contributed by atoms with van der Waals surface area (Å²) >= 11 is 0. The first-order valence-electron chi connectivity index (χ1n) is 10.6. The number of aromatic hydroxyl groups is 1. The smallest absolute Gasteiger partial charge is 0.417 e. The molecule has 2 aromatic carbocycles. The minimum absolute atomic E-state index is 0.0861. The van der Waals surface area contributed by atoms with E-state index >= 15 is 0 Å². The van der Waals surface area contributed by atoms with Crippen LogP contribution in [0.2, 0.25) is 0 Å². The zero-order valence-corrected chi connectivity index (χ0v) is 20.1. The largest absolute Gasteiger partial charge is 0.507 e.